The fourth-order valence-electron chi connectivity index (χ4n) is 7.25. The third-order valence-corrected chi connectivity index (χ3v) is 6.71. The summed E-state index contributed by atoms with van der Waals surface area (Å²) < 4.78 is 0. The second-order valence-electron chi connectivity index (χ2n) is 9.10. The maximum absolute atomic E-state index is 3.57. The Labute approximate surface area is 118 Å². The molecule has 0 radical (unpaired) electrons. The molecule has 3 unspecified atom stereocenters. The van der Waals surface area contributed by atoms with Crippen LogP contribution < -0.4 is 5.32 Å². The van der Waals surface area contributed by atoms with E-state index in [0.29, 0.717) is 16.4 Å². The smallest absolute Gasteiger partial charge is 0.0226 e. The van der Waals surface area contributed by atoms with Gasteiger partial charge in [-0.3, -0.25) is 4.90 Å². The van der Waals surface area contributed by atoms with E-state index in [2.05, 4.69) is 31.0 Å². The average molecular weight is 262 g/mol. The first-order valence-corrected chi connectivity index (χ1v) is 8.40. The van der Waals surface area contributed by atoms with E-state index in [1.807, 2.05) is 0 Å². The molecule has 19 heavy (non-hydrogen) atoms. The molecule has 3 atom stereocenters. The maximum atomic E-state index is 3.57. The standard InChI is InChI=1S/C17H30N2/c1-13-9-18-4-5-19(13)17-8-14-6-15(2,11-17)10-16(3,7-14)12-17/h13-14,18H,4-12H2,1-3H3. The summed E-state index contributed by atoms with van der Waals surface area (Å²) in [5.41, 5.74) is 1.86. The molecule has 1 saturated heterocycles. The van der Waals surface area contributed by atoms with Crippen LogP contribution in [0.4, 0.5) is 0 Å². The summed E-state index contributed by atoms with van der Waals surface area (Å²) in [7, 11) is 0. The van der Waals surface area contributed by atoms with Crippen molar-refractivity contribution < 1.29 is 0 Å². The zero-order valence-corrected chi connectivity index (χ0v) is 13.0. The van der Waals surface area contributed by atoms with Crippen molar-refractivity contribution >= 4 is 0 Å². The first-order valence-electron chi connectivity index (χ1n) is 8.40. The third kappa shape index (κ3) is 1.82. The zero-order valence-electron chi connectivity index (χ0n) is 13.0. The summed E-state index contributed by atoms with van der Waals surface area (Å²) in [5.74, 6) is 1.02. The van der Waals surface area contributed by atoms with Gasteiger partial charge in [-0.2, -0.15) is 0 Å². The molecule has 0 aromatic rings. The van der Waals surface area contributed by atoms with Crippen molar-refractivity contribution in [2.45, 2.75) is 70.9 Å². The van der Waals surface area contributed by atoms with Crippen molar-refractivity contribution in [3.63, 3.8) is 0 Å². The lowest BCUT2D eigenvalue weighted by molar-refractivity contribution is -0.172. The van der Waals surface area contributed by atoms with Crippen LogP contribution in [0.25, 0.3) is 0 Å². The van der Waals surface area contributed by atoms with Gasteiger partial charge in [0.25, 0.3) is 0 Å². The number of hydrogen-bond donors (Lipinski definition) is 1. The Morgan fingerprint density at radius 2 is 1.68 bits per heavy atom. The van der Waals surface area contributed by atoms with E-state index in [9.17, 15) is 0 Å². The molecule has 4 saturated carbocycles. The molecule has 5 rings (SSSR count). The summed E-state index contributed by atoms with van der Waals surface area (Å²) in [6, 6.07) is 0.734. The minimum atomic E-state index is 0.560. The van der Waals surface area contributed by atoms with Crippen LogP contribution in [0, 0.1) is 16.7 Å². The highest BCUT2D eigenvalue weighted by atomic mass is 15.3. The topological polar surface area (TPSA) is 15.3 Å². The molecule has 0 amide bonds. The van der Waals surface area contributed by atoms with Crippen LogP contribution >= 0.6 is 0 Å². The Hall–Kier alpha value is -0.0800. The summed E-state index contributed by atoms with van der Waals surface area (Å²) in [5, 5.41) is 3.57. The van der Waals surface area contributed by atoms with Crippen LogP contribution in [-0.4, -0.2) is 36.1 Å². The van der Waals surface area contributed by atoms with Gasteiger partial charge in [-0.05, 0) is 62.2 Å². The van der Waals surface area contributed by atoms with Crippen LogP contribution in [0.3, 0.4) is 0 Å². The van der Waals surface area contributed by atoms with E-state index in [4.69, 9.17) is 0 Å². The summed E-state index contributed by atoms with van der Waals surface area (Å²) in [6.45, 7) is 11.3. The molecule has 108 valence electrons. The second kappa shape index (κ2) is 3.76. The molecule has 5 aliphatic rings. The van der Waals surface area contributed by atoms with E-state index in [1.54, 1.807) is 0 Å². The van der Waals surface area contributed by atoms with Crippen molar-refractivity contribution in [2.24, 2.45) is 16.7 Å². The van der Waals surface area contributed by atoms with Gasteiger partial charge in [0.1, 0.15) is 0 Å². The van der Waals surface area contributed by atoms with E-state index >= 15 is 0 Å². The molecule has 5 fully saturated rings. The van der Waals surface area contributed by atoms with Crippen molar-refractivity contribution in [2.75, 3.05) is 19.6 Å². The predicted molar refractivity (Wildman–Crippen MR) is 79.2 cm³/mol. The van der Waals surface area contributed by atoms with Gasteiger partial charge < -0.3 is 5.32 Å². The largest absolute Gasteiger partial charge is 0.314 e. The SMILES string of the molecule is CC1CNCCN1C12CC3CC(C)(CC(C)(C3)C1)C2. The molecule has 2 nitrogen and oxygen atoms in total. The Kier molecular flexibility index (Phi) is 2.50. The van der Waals surface area contributed by atoms with Crippen LogP contribution in [0.1, 0.15) is 59.3 Å². The third-order valence-electron chi connectivity index (χ3n) is 6.71. The highest BCUT2D eigenvalue weighted by molar-refractivity contribution is 5.15. The number of piperazine rings is 1. The van der Waals surface area contributed by atoms with Gasteiger partial charge in [-0.1, -0.05) is 13.8 Å². The monoisotopic (exact) mass is 262 g/mol. The molecule has 4 aliphatic carbocycles. The summed E-state index contributed by atoms with van der Waals surface area (Å²) in [4.78, 5) is 2.92. The van der Waals surface area contributed by atoms with Crippen molar-refractivity contribution in [3.05, 3.63) is 0 Å². The highest BCUT2D eigenvalue weighted by Gasteiger charge is 2.62. The number of rotatable bonds is 1. The van der Waals surface area contributed by atoms with Crippen molar-refractivity contribution in [3.8, 4) is 0 Å². The molecule has 1 heterocycles. The normalized spacial score (nSPS) is 57.6. The molecule has 0 aromatic carbocycles. The van der Waals surface area contributed by atoms with Gasteiger partial charge in [-0.25, -0.2) is 0 Å². The zero-order chi connectivity index (χ0) is 13.3. The Morgan fingerprint density at radius 1 is 1.00 bits per heavy atom. The Bertz CT molecular complexity index is 373. The lowest BCUT2D eigenvalue weighted by atomic mass is 9.42. The van der Waals surface area contributed by atoms with Gasteiger partial charge in [0.05, 0.1) is 0 Å². The van der Waals surface area contributed by atoms with Crippen LogP contribution in [0.5, 0.6) is 0 Å². The van der Waals surface area contributed by atoms with E-state index in [-0.39, 0.29) is 0 Å². The average Bonchev–Trinajstić information content (AvgIpc) is 2.24. The Balaban J connectivity index is 1.70. The summed E-state index contributed by atoms with van der Waals surface area (Å²) in [6.07, 6.45) is 9.00. The maximum Gasteiger partial charge on any atom is 0.0226 e. The number of nitrogens with zero attached hydrogens (tertiary/aromatic N) is 1. The second-order valence-corrected chi connectivity index (χ2v) is 9.10. The number of hydrogen-bond acceptors (Lipinski definition) is 2. The molecule has 1 aliphatic heterocycles. The van der Waals surface area contributed by atoms with Gasteiger partial charge in [0.2, 0.25) is 0 Å². The van der Waals surface area contributed by atoms with E-state index in [1.165, 1.54) is 58.2 Å². The van der Waals surface area contributed by atoms with Gasteiger partial charge >= 0.3 is 0 Å². The lowest BCUT2D eigenvalue weighted by Gasteiger charge is -2.69. The fraction of sp³-hybridized carbons (Fsp3) is 1.00. The minimum Gasteiger partial charge on any atom is -0.314 e. The minimum absolute atomic E-state index is 0.560. The molecule has 0 aromatic heterocycles. The van der Waals surface area contributed by atoms with Crippen LogP contribution in [0.15, 0.2) is 0 Å². The van der Waals surface area contributed by atoms with Crippen LogP contribution in [-0.2, 0) is 0 Å². The molecule has 2 heteroatoms. The van der Waals surface area contributed by atoms with Crippen molar-refractivity contribution in [1.29, 1.82) is 0 Å². The van der Waals surface area contributed by atoms with Crippen LogP contribution in [0.2, 0.25) is 0 Å². The van der Waals surface area contributed by atoms with Gasteiger partial charge in [0, 0.05) is 31.2 Å². The summed E-state index contributed by atoms with van der Waals surface area (Å²) >= 11 is 0. The highest BCUT2D eigenvalue weighted by Crippen LogP contribution is 2.67. The van der Waals surface area contributed by atoms with Gasteiger partial charge in [0.15, 0.2) is 0 Å². The molecule has 1 N–H and O–H groups in total. The lowest BCUT2D eigenvalue weighted by Crippen LogP contribution is -2.69. The quantitative estimate of drug-likeness (QED) is 0.781. The first-order chi connectivity index (χ1) is 8.92. The molecular formula is C17H30N2. The number of nitrogens with one attached hydrogen (secondary N) is 1. The van der Waals surface area contributed by atoms with Gasteiger partial charge in [-0.15, -0.1) is 0 Å². The first kappa shape index (κ1) is 12.6. The van der Waals surface area contributed by atoms with E-state index < -0.39 is 0 Å². The fourth-order valence-corrected chi connectivity index (χ4v) is 7.25. The Morgan fingerprint density at radius 3 is 2.26 bits per heavy atom. The molecule has 0 spiro atoms. The molecule has 4 bridgehead atoms. The van der Waals surface area contributed by atoms with E-state index in [0.717, 1.165) is 12.0 Å². The predicted octanol–water partition coefficient (Wildman–Crippen LogP) is 3.03. The van der Waals surface area contributed by atoms with Crippen molar-refractivity contribution in [1.82, 2.24) is 10.2 Å². The molecular weight excluding hydrogens is 232 g/mol.